The fraction of sp³-hybridized carbons (Fsp3) is 0.417. The fourth-order valence-corrected chi connectivity index (χ4v) is 3.09. The van der Waals surface area contributed by atoms with Crippen LogP contribution in [0, 0.1) is 13.8 Å². The number of ether oxygens (including phenoxy) is 3. The molecule has 30 heavy (non-hydrogen) atoms. The van der Waals surface area contributed by atoms with Gasteiger partial charge in [-0.3, -0.25) is 0 Å². The lowest BCUT2D eigenvalue weighted by atomic mass is 9.96. The molecular formula is C24H31NO5. The number of carbonyl (C=O) groups is 2. The van der Waals surface area contributed by atoms with Crippen molar-refractivity contribution >= 4 is 12.1 Å². The van der Waals surface area contributed by atoms with E-state index in [1.807, 2.05) is 56.3 Å². The Kier molecular flexibility index (Phi) is 7.86. The number of esters is 1. The molecule has 6 nitrogen and oxygen atoms in total. The smallest absolute Gasteiger partial charge is 0.408 e. The van der Waals surface area contributed by atoms with E-state index in [0.717, 1.165) is 28.0 Å². The first-order valence-corrected chi connectivity index (χ1v) is 9.93. The molecule has 0 radical (unpaired) electrons. The monoisotopic (exact) mass is 413 g/mol. The molecule has 162 valence electrons. The first-order valence-electron chi connectivity index (χ1n) is 9.93. The van der Waals surface area contributed by atoms with Crippen LogP contribution in [0.3, 0.4) is 0 Å². The van der Waals surface area contributed by atoms with Gasteiger partial charge >= 0.3 is 12.1 Å². The molecule has 6 heteroatoms. The second-order valence-electron chi connectivity index (χ2n) is 8.24. The summed E-state index contributed by atoms with van der Waals surface area (Å²) < 4.78 is 16.1. The highest BCUT2D eigenvalue weighted by atomic mass is 16.6. The molecule has 0 spiro atoms. The van der Waals surface area contributed by atoms with E-state index >= 15 is 0 Å². The van der Waals surface area contributed by atoms with Crippen molar-refractivity contribution in [3.05, 3.63) is 64.7 Å². The van der Waals surface area contributed by atoms with Gasteiger partial charge in [-0.05, 0) is 69.0 Å². The third kappa shape index (κ3) is 7.10. The average Bonchev–Trinajstić information content (AvgIpc) is 2.67. The number of methoxy groups -OCH3 is 1. The lowest BCUT2D eigenvalue weighted by Crippen LogP contribution is -2.45. The van der Waals surface area contributed by atoms with Gasteiger partial charge in [-0.1, -0.05) is 30.3 Å². The van der Waals surface area contributed by atoms with E-state index in [4.69, 9.17) is 14.2 Å². The Hall–Kier alpha value is -3.02. The topological polar surface area (TPSA) is 73.9 Å². The Balaban J connectivity index is 2.13. The third-order valence-electron chi connectivity index (χ3n) is 4.50. The Morgan fingerprint density at radius 3 is 2.17 bits per heavy atom. The van der Waals surface area contributed by atoms with Crippen molar-refractivity contribution in [1.29, 1.82) is 0 Å². The van der Waals surface area contributed by atoms with Crippen LogP contribution in [0.15, 0.2) is 42.5 Å². The molecule has 0 aliphatic rings. The highest BCUT2D eigenvalue weighted by molar-refractivity contribution is 5.81. The highest BCUT2D eigenvalue weighted by Gasteiger charge is 2.26. The van der Waals surface area contributed by atoms with E-state index in [1.54, 1.807) is 20.8 Å². The van der Waals surface area contributed by atoms with Gasteiger partial charge in [0, 0.05) is 6.42 Å². The van der Waals surface area contributed by atoms with Crippen molar-refractivity contribution in [3.63, 3.8) is 0 Å². The molecule has 0 unspecified atom stereocenters. The predicted molar refractivity (Wildman–Crippen MR) is 116 cm³/mol. The molecule has 0 aromatic heterocycles. The molecule has 2 aromatic rings. The zero-order valence-electron chi connectivity index (χ0n) is 18.6. The van der Waals surface area contributed by atoms with E-state index in [0.29, 0.717) is 13.0 Å². The minimum absolute atomic E-state index is 0.294. The maximum atomic E-state index is 12.2. The summed E-state index contributed by atoms with van der Waals surface area (Å²) in [7, 11) is 1.30. The van der Waals surface area contributed by atoms with E-state index in [9.17, 15) is 9.59 Å². The number of nitrogens with one attached hydrogen (secondary N) is 1. The zero-order valence-corrected chi connectivity index (χ0v) is 18.6. The van der Waals surface area contributed by atoms with Crippen molar-refractivity contribution in [2.24, 2.45) is 0 Å². The van der Waals surface area contributed by atoms with E-state index < -0.39 is 23.7 Å². The number of carbonyl (C=O) groups excluding carboxylic acids is 2. The molecule has 0 bridgehead atoms. The summed E-state index contributed by atoms with van der Waals surface area (Å²) in [6.07, 6.45) is -0.362. The van der Waals surface area contributed by atoms with Crippen LogP contribution in [-0.4, -0.2) is 30.8 Å². The van der Waals surface area contributed by atoms with Gasteiger partial charge in [0.15, 0.2) is 0 Å². The van der Waals surface area contributed by atoms with Gasteiger partial charge in [-0.25, -0.2) is 9.59 Å². The predicted octanol–water partition coefficient (Wildman–Crippen LogP) is 4.49. The summed E-state index contributed by atoms with van der Waals surface area (Å²) in [6.45, 7) is 9.69. The molecule has 1 amide bonds. The molecule has 1 N–H and O–H groups in total. The van der Waals surface area contributed by atoms with Crippen molar-refractivity contribution in [2.45, 2.75) is 59.3 Å². The Morgan fingerprint density at radius 2 is 1.63 bits per heavy atom. The number of hydrogen-bond acceptors (Lipinski definition) is 5. The Bertz CT molecular complexity index is 848. The van der Waals surface area contributed by atoms with Crippen molar-refractivity contribution in [3.8, 4) is 5.75 Å². The van der Waals surface area contributed by atoms with Crippen LogP contribution in [0.5, 0.6) is 5.75 Å². The zero-order chi connectivity index (χ0) is 22.3. The molecular weight excluding hydrogens is 382 g/mol. The molecule has 0 heterocycles. The van der Waals surface area contributed by atoms with Gasteiger partial charge in [0.2, 0.25) is 0 Å². The Morgan fingerprint density at radius 1 is 1.03 bits per heavy atom. The maximum absolute atomic E-state index is 12.2. The SMILES string of the molecule is COC(=O)[C@H](Cc1c(C)cc(OCc2ccccc2)cc1C)NC(=O)OC(C)(C)C. The molecule has 1 atom stereocenters. The van der Waals surface area contributed by atoms with E-state index in [2.05, 4.69) is 5.32 Å². The largest absolute Gasteiger partial charge is 0.489 e. The second kappa shape index (κ2) is 10.1. The van der Waals surface area contributed by atoms with Gasteiger partial charge in [-0.2, -0.15) is 0 Å². The number of benzene rings is 2. The number of hydrogen-bond donors (Lipinski definition) is 1. The quantitative estimate of drug-likeness (QED) is 0.677. The van der Waals surface area contributed by atoms with E-state index in [1.165, 1.54) is 7.11 Å². The number of alkyl carbamates (subject to hydrolysis) is 1. The minimum Gasteiger partial charge on any atom is -0.489 e. The molecule has 0 saturated carbocycles. The molecule has 0 aliphatic heterocycles. The van der Waals surface area contributed by atoms with Crippen molar-refractivity contribution in [1.82, 2.24) is 5.32 Å². The number of rotatable bonds is 7. The lowest BCUT2D eigenvalue weighted by molar-refractivity contribution is -0.143. The Labute approximate surface area is 178 Å². The standard InChI is InChI=1S/C24H31NO5/c1-16-12-19(29-15-18-10-8-7-9-11-18)13-17(2)20(16)14-21(22(26)28-6)25-23(27)30-24(3,4)5/h7-13,21H,14-15H2,1-6H3,(H,25,27)/t21-/m0/s1. The normalized spacial score (nSPS) is 12.1. The van der Waals surface area contributed by atoms with Gasteiger partial charge in [0.05, 0.1) is 7.11 Å². The van der Waals surface area contributed by atoms with Crippen LogP contribution >= 0.6 is 0 Å². The van der Waals surface area contributed by atoms with Crippen LogP contribution in [0.4, 0.5) is 4.79 Å². The second-order valence-corrected chi connectivity index (χ2v) is 8.24. The fourth-order valence-electron chi connectivity index (χ4n) is 3.09. The van der Waals surface area contributed by atoms with E-state index in [-0.39, 0.29) is 0 Å². The summed E-state index contributed by atoms with van der Waals surface area (Å²) in [5.74, 6) is 0.233. The van der Waals surface area contributed by atoms with Crippen molar-refractivity contribution in [2.75, 3.05) is 7.11 Å². The molecule has 0 aliphatic carbocycles. The molecule has 2 aromatic carbocycles. The third-order valence-corrected chi connectivity index (χ3v) is 4.50. The van der Waals surface area contributed by atoms with Gasteiger partial charge < -0.3 is 19.5 Å². The van der Waals surface area contributed by atoms with Gasteiger partial charge in [0.25, 0.3) is 0 Å². The number of aryl methyl sites for hydroxylation is 2. The number of amides is 1. The van der Waals surface area contributed by atoms with Crippen LogP contribution in [-0.2, 0) is 27.3 Å². The molecule has 2 rings (SSSR count). The van der Waals surface area contributed by atoms with Crippen LogP contribution < -0.4 is 10.1 Å². The van der Waals surface area contributed by atoms with Gasteiger partial charge in [0.1, 0.15) is 24.0 Å². The maximum Gasteiger partial charge on any atom is 0.408 e. The first-order chi connectivity index (χ1) is 14.1. The van der Waals surface area contributed by atoms with Crippen LogP contribution in [0.1, 0.15) is 43.0 Å². The summed E-state index contributed by atoms with van der Waals surface area (Å²) in [5.41, 5.74) is 3.32. The summed E-state index contributed by atoms with van der Waals surface area (Å²) in [5, 5.41) is 2.62. The summed E-state index contributed by atoms with van der Waals surface area (Å²) >= 11 is 0. The van der Waals surface area contributed by atoms with Crippen LogP contribution in [0.2, 0.25) is 0 Å². The summed E-state index contributed by atoms with van der Waals surface area (Å²) in [6, 6.07) is 13.0. The average molecular weight is 414 g/mol. The van der Waals surface area contributed by atoms with Crippen molar-refractivity contribution < 1.29 is 23.8 Å². The summed E-state index contributed by atoms with van der Waals surface area (Å²) in [4.78, 5) is 24.4. The lowest BCUT2D eigenvalue weighted by Gasteiger charge is -2.23. The van der Waals surface area contributed by atoms with Crippen LogP contribution in [0.25, 0.3) is 0 Å². The first kappa shape index (κ1) is 23.3. The molecule has 0 saturated heterocycles. The minimum atomic E-state index is -0.849. The van der Waals surface area contributed by atoms with Gasteiger partial charge in [-0.15, -0.1) is 0 Å². The highest BCUT2D eigenvalue weighted by Crippen LogP contribution is 2.24. The molecule has 0 fully saturated rings.